The number of carbonyl (C=O) groups is 1. The smallest absolute Gasteiger partial charge is 0.407 e. The van der Waals surface area contributed by atoms with Crippen molar-refractivity contribution in [1.29, 1.82) is 0 Å². The fourth-order valence-electron chi connectivity index (χ4n) is 1.72. The van der Waals surface area contributed by atoms with Gasteiger partial charge >= 0.3 is 6.09 Å². The Morgan fingerprint density at radius 1 is 1.00 bits per heavy atom. The molecule has 0 aliphatic carbocycles. The number of alkyl carbamates (subject to hydrolysis) is 1. The van der Waals surface area contributed by atoms with Gasteiger partial charge in [-0.3, -0.25) is 0 Å². The minimum absolute atomic E-state index is 0.416. The fourth-order valence-corrected chi connectivity index (χ4v) is 1.93. The van der Waals surface area contributed by atoms with Crippen molar-refractivity contribution >= 4 is 23.4 Å². The van der Waals surface area contributed by atoms with E-state index < -0.39 is 11.7 Å². The number of nitrogens with one attached hydrogen (secondary N) is 3. The predicted octanol–water partition coefficient (Wildman–Crippen LogP) is 2.06. The highest BCUT2D eigenvalue weighted by Crippen LogP contribution is 2.16. The highest BCUT2D eigenvalue weighted by Gasteiger charge is 2.15. The Labute approximate surface area is 154 Å². The number of methoxy groups -OCH3 is 1. The summed E-state index contributed by atoms with van der Waals surface area (Å²) in [6.45, 7) is 7.42. The molecule has 1 amide bonds. The van der Waals surface area contributed by atoms with Gasteiger partial charge in [-0.2, -0.15) is 0 Å². The van der Waals surface area contributed by atoms with E-state index in [1.807, 2.05) is 45.0 Å². The molecule has 0 unspecified atom stereocenters. The number of ether oxygens (including phenoxy) is 3. The molecule has 0 fully saturated rings. The first-order chi connectivity index (χ1) is 11.8. The molecular formula is C17H27N3O4S. The summed E-state index contributed by atoms with van der Waals surface area (Å²) in [5, 5.41) is 9.17. The van der Waals surface area contributed by atoms with Crippen LogP contribution in [0.4, 0.5) is 4.79 Å². The van der Waals surface area contributed by atoms with Crippen LogP contribution in [0.25, 0.3) is 0 Å². The van der Waals surface area contributed by atoms with Gasteiger partial charge < -0.3 is 30.2 Å². The molecule has 0 bridgehead atoms. The first-order valence-electron chi connectivity index (χ1n) is 8.05. The van der Waals surface area contributed by atoms with E-state index in [1.54, 1.807) is 7.11 Å². The number of carbonyl (C=O) groups excluding carboxylic acids is 1. The Kier molecular flexibility index (Phi) is 8.83. The van der Waals surface area contributed by atoms with E-state index in [0.29, 0.717) is 31.4 Å². The highest BCUT2D eigenvalue weighted by atomic mass is 32.1. The topological polar surface area (TPSA) is 80.9 Å². The maximum Gasteiger partial charge on any atom is 0.407 e. The third-order valence-electron chi connectivity index (χ3n) is 2.79. The van der Waals surface area contributed by atoms with E-state index in [1.165, 1.54) is 0 Å². The maximum atomic E-state index is 11.5. The largest absolute Gasteiger partial charge is 0.497 e. The van der Waals surface area contributed by atoms with Crippen LogP contribution in [0.3, 0.4) is 0 Å². The molecule has 0 spiro atoms. The van der Waals surface area contributed by atoms with Crippen LogP contribution >= 0.6 is 12.2 Å². The van der Waals surface area contributed by atoms with Crippen molar-refractivity contribution in [2.24, 2.45) is 0 Å². The molecule has 0 aliphatic heterocycles. The van der Waals surface area contributed by atoms with Crippen LogP contribution in [0.2, 0.25) is 0 Å². The molecule has 0 radical (unpaired) electrons. The molecule has 140 valence electrons. The quantitative estimate of drug-likeness (QED) is 0.478. The van der Waals surface area contributed by atoms with E-state index in [2.05, 4.69) is 16.0 Å². The van der Waals surface area contributed by atoms with Crippen molar-refractivity contribution in [2.75, 3.05) is 33.4 Å². The first-order valence-corrected chi connectivity index (χ1v) is 8.46. The van der Waals surface area contributed by atoms with E-state index in [9.17, 15) is 4.79 Å². The van der Waals surface area contributed by atoms with Crippen LogP contribution < -0.4 is 25.4 Å². The predicted molar refractivity (Wildman–Crippen MR) is 101 cm³/mol. The van der Waals surface area contributed by atoms with Gasteiger partial charge in [0.2, 0.25) is 0 Å². The van der Waals surface area contributed by atoms with Crippen LogP contribution in [0.1, 0.15) is 20.8 Å². The van der Waals surface area contributed by atoms with Crippen molar-refractivity contribution in [3.63, 3.8) is 0 Å². The lowest BCUT2D eigenvalue weighted by atomic mass is 10.2. The molecule has 0 saturated heterocycles. The molecule has 8 heteroatoms. The molecule has 1 aromatic carbocycles. The lowest BCUT2D eigenvalue weighted by molar-refractivity contribution is 0.0529. The minimum Gasteiger partial charge on any atom is -0.497 e. The average Bonchev–Trinajstić information content (AvgIpc) is 2.54. The Bertz CT molecular complexity index is 544. The molecule has 3 N–H and O–H groups in total. The van der Waals surface area contributed by atoms with Gasteiger partial charge in [-0.25, -0.2) is 4.79 Å². The van der Waals surface area contributed by atoms with Gasteiger partial charge in [0.05, 0.1) is 13.7 Å². The first kappa shape index (κ1) is 20.8. The summed E-state index contributed by atoms with van der Waals surface area (Å²) in [5.74, 6) is 1.55. The standard InChI is InChI=1S/C17H27N3O4S/c1-17(2,3)24-16(21)20-10-9-18-15(25)19-11-12-23-14-7-5-13(22-4)6-8-14/h5-8H,9-12H2,1-4H3,(H,20,21)(H2,18,19,25). The van der Waals surface area contributed by atoms with Crippen LogP contribution in [0.15, 0.2) is 24.3 Å². The van der Waals surface area contributed by atoms with Crippen molar-refractivity contribution in [2.45, 2.75) is 26.4 Å². The average molecular weight is 369 g/mol. The Morgan fingerprint density at radius 2 is 1.56 bits per heavy atom. The van der Waals surface area contributed by atoms with Crippen molar-refractivity contribution < 1.29 is 19.0 Å². The molecule has 25 heavy (non-hydrogen) atoms. The summed E-state index contributed by atoms with van der Waals surface area (Å²) in [7, 11) is 1.62. The SMILES string of the molecule is COc1ccc(OCCNC(=S)NCCNC(=O)OC(C)(C)C)cc1. The maximum absolute atomic E-state index is 11.5. The molecule has 0 aromatic heterocycles. The molecule has 1 rings (SSSR count). The Balaban J connectivity index is 2.06. The summed E-state index contributed by atoms with van der Waals surface area (Å²) in [6.07, 6.45) is -0.443. The van der Waals surface area contributed by atoms with E-state index in [4.69, 9.17) is 26.4 Å². The second-order valence-corrected chi connectivity index (χ2v) is 6.54. The van der Waals surface area contributed by atoms with E-state index in [0.717, 1.165) is 11.5 Å². The van der Waals surface area contributed by atoms with E-state index >= 15 is 0 Å². The van der Waals surface area contributed by atoms with Crippen LogP contribution in [0, 0.1) is 0 Å². The lowest BCUT2D eigenvalue weighted by Crippen LogP contribution is -2.42. The highest BCUT2D eigenvalue weighted by molar-refractivity contribution is 7.80. The summed E-state index contributed by atoms with van der Waals surface area (Å²) in [4.78, 5) is 11.5. The van der Waals surface area contributed by atoms with Crippen molar-refractivity contribution in [1.82, 2.24) is 16.0 Å². The molecule has 0 heterocycles. The van der Waals surface area contributed by atoms with E-state index in [-0.39, 0.29) is 0 Å². The lowest BCUT2D eigenvalue weighted by Gasteiger charge is -2.19. The van der Waals surface area contributed by atoms with Crippen molar-refractivity contribution in [3.05, 3.63) is 24.3 Å². The monoisotopic (exact) mass is 369 g/mol. The van der Waals surface area contributed by atoms with Gasteiger partial charge in [-0.05, 0) is 57.3 Å². The van der Waals surface area contributed by atoms with Crippen molar-refractivity contribution in [3.8, 4) is 11.5 Å². The number of thiocarbonyl (C=S) groups is 1. The zero-order valence-electron chi connectivity index (χ0n) is 15.2. The number of amides is 1. The van der Waals surface area contributed by atoms with Gasteiger partial charge in [-0.15, -0.1) is 0 Å². The van der Waals surface area contributed by atoms with Gasteiger partial charge in [0.15, 0.2) is 5.11 Å². The number of benzene rings is 1. The second kappa shape index (κ2) is 10.6. The zero-order chi connectivity index (χ0) is 18.7. The fraction of sp³-hybridized carbons (Fsp3) is 0.529. The minimum atomic E-state index is -0.502. The molecular weight excluding hydrogens is 342 g/mol. The number of rotatable bonds is 8. The van der Waals surface area contributed by atoms with Crippen LogP contribution in [-0.4, -0.2) is 50.2 Å². The molecule has 0 atom stereocenters. The van der Waals surface area contributed by atoms with Gasteiger partial charge in [0.1, 0.15) is 23.7 Å². The second-order valence-electron chi connectivity index (χ2n) is 6.14. The molecule has 0 saturated carbocycles. The Morgan fingerprint density at radius 3 is 2.16 bits per heavy atom. The normalized spacial score (nSPS) is 10.6. The zero-order valence-corrected chi connectivity index (χ0v) is 16.0. The van der Waals surface area contributed by atoms with Crippen LogP contribution in [-0.2, 0) is 4.74 Å². The summed E-state index contributed by atoms with van der Waals surface area (Å²) in [6, 6.07) is 7.37. The molecule has 1 aromatic rings. The molecule has 0 aliphatic rings. The van der Waals surface area contributed by atoms with Gasteiger partial charge in [0, 0.05) is 13.1 Å². The Hall–Kier alpha value is -2.22. The van der Waals surface area contributed by atoms with Crippen LogP contribution in [0.5, 0.6) is 11.5 Å². The number of hydrogen-bond acceptors (Lipinski definition) is 5. The third-order valence-corrected chi connectivity index (χ3v) is 3.08. The summed E-state index contributed by atoms with van der Waals surface area (Å²) >= 11 is 5.15. The summed E-state index contributed by atoms with van der Waals surface area (Å²) in [5.41, 5.74) is -0.502. The third kappa shape index (κ3) is 10.3. The van der Waals surface area contributed by atoms with Gasteiger partial charge in [-0.1, -0.05) is 0 Å². The number of hydrogen-bond donors (Lipinski definition) is 3. The van der Waals surface area contributed by atoms with Gasteiger partial charge in [0.25, 0.3) is 0 Å². The summed E-state index contributed by atoms with van der Waals surface area (Å²) < 4.78 is 15.8. The molecule has 7 nitrogen and oxygen atoms in total.